The molecule has 0 saturated heterocycles. The highest BCUT2D eigenvalue weighted by atomic mass is 79.9. The number of aryl methyl sites for hydroxylation is 1. The van der Waals surface area contributed by atoms with Crippen LogP contribution < -0.4 is 5.32 Å². The Balaban J connectivity index is 2.35. The van der Waals surface area contributed by atoms with E-state index in [1.54, 1.807) is 25.1 Å². The van der Waals surface area contributed by atoms with E-state index in [2.05, 4.69) is 21.2 Å². The lowest BCUT2D eigenvalue weighted by molar-refractivity contribution is -0.137. The smallest absolute Gasteiger partial charge is 0.355 e. The molecule has 108 valence electrons. The van der Waals surface area contributed by atoms with E-state index in [0.717, 1.165) is 12.1 Å². The van der Waals surface area contributed by atoms with Crippen molar-refractivity contribution in [2.24, 2.45) is 0 Å². The highest BCUT2D eigenvalue weighted by molar-refractivity contribution is 9.10. The summed E-state index contributed by atoms with van der Waals surface area (Å²) in [6.45, 7) is 1.72. The molecular weight excluding hydrogens is 345 g/mol. The zero-order chi connectivity index (χ0) is 15.6. The SMILES string of the molecule is Cc1ccc(C(F)(F)F)cc1Nc1ccc(C#N)c(Br)c1. The molecule has 0 spiro atoms. The lowest BCUT2D eigenvalue weighted by Crippen LogP contribution is -2.06. The van der Waals surface area contributed by atoms with Crippen LogP contribution in [0.4, 0.5) is 24.5 Å². The van der Waals surface area contributed by atoms with Gasteiger partial charge in [0.25, 0.3) is 0 Å². The second-order valence-corrected chi connectivity index (χ2v) is 5.31. The molecule has 6 heteroatoms. The number of alkyl halides is 3. The molecule has 0 aromatic heterocycles. The average molecular weight is 355 g/mol. The van der Waals surface area contributed by atoms with Gasteiger partial charge in [0.05, 0.1) is 11.1 Å². The summed E-state index contributed by atoms with van der Waals surface area (Å²) in [5.74, 6) is 0. The molecule has 2 nitrogen and oxygen atoms in total. The molecule has 0 radical (unpaired) electrons. The summed E-state index contributed by atoms with van der Waals surface area (Å²) in [4.78, 5) is 0. The lowest BCUT2D eigenvalue weighted by atomic mass is 10.1. The second kappa shape index (κ2) is 5.78. The average Bonchev–Trinajstić information content (AvgIpc) is 2.40. The van der Waals surface area contributed by atoms with Crippen molar-refractivity contribution < 1.29 is 13.2 Å². The Kier molecular flexibility index (Phi) is 4.24. The van der Waals surface area contributed by atoms with Gasteiger partial charge in [-0.1, -0.05) is 6.07 Å². The molecule has 2 aromatic carbocycles. The molecule has 0 aliphatic carbocycles. The molecule has 0 heterocycles. The first-order valence-corrected chi connectivity index (χ1v) is 6.75. The van der Waals surface area contributed by atoms with Gasteiger partial charge in [-0.3, -0.25) is 0 Å². The maximum absolute atomic E-state index is 12.7. The Labute approximate surface area is 128 Å². The van der Waals surface area contributed by atoms with Crippen molar-refractivity contribution in [3.05, 3.63) is 57.6 Å². The number of anilines is 2. The van der Waals surface area contributed by atoms with Gasteiger partial charge in [0, 0.05) is 15.8 Å². The molecule has 0 aliphatic heterocycles. The summed E-state index contributed by atoms with van der Waals surface area (Å²) in [6, 6.07) is 10.4. The largest absolute Gasteiger partial charge is 0.416 e. The number of hydrogen-bond acceptors (Lipinski definition) is 2. The quantitative estimate of drug-likeness (QED) is 0.784. The molecule has 0 saturated carbocycles. The van der Waals surface area contributed by atoms with Crippen molar-refractivity contribution in [3.8, 4) is 6.07 Å². The summed E-state index contributed by atoms with van der Waals surface area (Å²) >= 11 is 3.24. The van der Waals surface area contributed by atoms with Gasteiger partial charge in [-0.05, 0) is 58.7 Å². The number of benzene rings is 2. The highest BCUT2D eigenvalue weighted by Crippen LogP contribution is 2.33. The van der Waals surface area contributed by atoms with Crippen molar-refractivity contribution >= 4 is 27.3 Å². The van der Waals surface area contributed by atoms with Crippen molar-refractivity contribution in [3.63, 3.8) is 0 Å². The number of nitrogens with one attached hydrogen (secondary N) is 1. The molecule has 1 N–H and O–H groups in total. The summed E-state index contributed by atoms with van der Waals surface area (Å²) in [6.07, 6.45) is -4.38. The van der Waals surface area contributed by atoms with Crippen LogP contribution in [0.25, 0.3) is 0 Å². The van der Waals surface area contributed by atoms with E-state index < -0.39 is 11.7 Å². The van der Waals surface area contributed by atoms with Crippen LogP contribution in [0.15, 0.2) is 40.9 Å². The van der Waals surface area contributed by atoms with Gasteiger partial charge in [-0.2, -0.15) is 18.4 Å². The summed E-state index contributed by atoms with van der Waals surface area (Å²) < 4.78 is 38.8. The molecule has 21 heavy (non-hydrogen) atoms. The topological polar surface area (TPSA) is 35.8 Å². The summed E-state index contributed by atoms with van der Waals surface area (Å²) in [7, 11) is 0. The van der Waals surface area contributed by atoms with Gasteiger partial charge in [0.15, 0.2) is 0 Å². The number of nitrogens with zero attached hydrogens (tertiary/aromatic N) is 1. The Bertz CT molecular complexity index is 718. The summed E-state index contributed by atoms with van der Waals surface area (Å²) in [5, 5.41) is 11.8. The van der Waals surface area contributed by atoms with Gasteiger partial charge in [-0.25, -0.2) is 0 Å². The molecule has 0 bridgehead atoms. The van der Waals surface area contributed by atoms with Crippen molar-refractivity contribution in [1.29, 1.82) is 5.26 Å². The maximum atomic E-state index is 12.7. The van der Waals surface area contributed by atoms with Crippen molar-refractivity contribution in [1.82, 2.24) is 0 Å². The van der Waals surface area contributed by atoms with Crippen LogP contribution in [0.5, 0.6) is 0 Å². The van der Waals surface area contributed by atoms with E-state index in [1.165, 1.54) is 6.07 Å². The fraction of sp³-hybridized carbons (Fsp3) is 0.133. The number of nitriles is 1. The fourth-order valence-corrected chi connectivity index (χ4v) is 2.24. The van der Waals surface area contributed by atoms with Crippen LogP contribution in [0.1, 0.15) is 16.7 Å². The Hall–Kier alpha value is -2.00. The van der Waals surface area contributed by atoms with E-state index in [0.29, 0.717) is 27.0 Å². The first-order valence-electron chi connectivity index (χ1n) is 5.96. The molecule has 0 amide bonds. The third kappa shape index (κ3) is 3.56. The van der Waals surface area contributed by atoms with Gasteiger partial charge in [-0.15, -0.1) is 0 Å². The third-order valence-corrected chi connectivity index (χ3v) is 3.59. The van der Waals surface area contributed by atoms with E-state index >= 15 is 0 Å². The number of halogens is 4. The second-order valence-electron chi connectivity index (χ2n) is 4.46. The zero-order valence-electron chi connectivity index (χ0n) is 10.9. The van der Waals surface area contributed by atoms with Gasteiger partial charge in [0.2, 0.25) is 0 Å². The van der Waals surface area contributed by atoms with E-state index in [9.17, 15) is 13.2 Å². The Morgan fingerprint density at radius 2 is 1.86 bits per heavy atom. The molecule has 0 aliphatic rings. The Morgan fingerprint density at radius 3 is 2.43 bits per heavy atom. The monoisotopic (exact) mass is 354 g/mol. The van der Waals surface area contributed by atoms with Crippen LogP contribution in [0.3, 0.4) is 0 Å². The fourth-order valence-electron chi connectivity index (χ4n) is 1.77. The van der Waals surface area contributed by atoms with Gasteiger partial charge >= 0.3 is 6.18 Å². The summed E-state index contributed by atoms with van der Waals surface area (Å²) in [5.41, 5.74) is 1.43. The molecule has 0 atom stereocenters. The zero-order valence-corrected chi connectivity index (χ0v) is 12.5. The minimum absolute atomic E-state index is 0.376. The molecule has 0 fully saturated rings. The maximum Gasteiger partial charge on any atom is 0.416 e. The van der Waals surface area contributed by atoms with Gasteiger partial charge < -0.3 is 5.32 Å². The van der Waals surface area contributed by atoms with Crippen LogP contribution in [-0.4, -0.2) is 0 Å². The molecule has 0 unspecified atom stereocenters. The molecule has 2 rings (SSSR count). The number of hydrogen-bond donors (Lipinski definition) is 1. The Morgan fingerprint density at radius 1 is 1.14 bits per heavy atom. The van der Waals surface area contributed by atoms with E-state index in [1.807, 2.05) is 6.07 Å². The first kappa shape index (κ1) is 15.4. The first-order chi connectivity index (χ1) is 9.81. The van der Waals surface area contributed by atoms with Crippen LogP contribution >= 0.6 is 15.9 Å². The van der Waals surface area contributed by atoms with Crippen LogP contribution in [0, 0.1) is 18.3 Å². The van der Waals surface area contributed by atoms with Crippen molar-refractivity contribution in [2.45, 2.75) is 13.1 Å². The van der Waals surface area contributed by atoms with Crippen molar-refractivity contribution in [2.75, 3.05) is 5.32 Å². The molecular formula is C15H10BrF3N2. The van der Waals surface area contributed by atoms with Gasteiger partial charge in [0.1, 0.15) is 6.07 Å². The standard InChI is InChI=1S/C15H10BrF3N2/c1-9-2-4-11(15(17,18)19)6-14(9)21-12-5-3-10(8-20)13(16)7-12/h2-7,21H,1H3. The predicted molar refractivity (Wildman–Crippen MR) is 78.3 cm³/mol. The normalized spacial score (nSPS) is 11.0. The minimum atomic E-state index is -4.38. The van der Waals surface area contributed by atoms with Crippen LogP contribution in [-0.2, 0) is 6.18 Å². The van der Waals surface area contributed by atoms with E-state index in [4.69, 9.17) is 5.26 Å². The minimum Gasteiger partial charge on any atom is -0.355 e. The molecule has 2 aromatic rings. The van der Waals surface area contributed by atoms with E-state index in [-0.39, 0.29) is 0 Å². The number of rotatable bonds is 2. The third-order valence-electron chi connectivity index (χ3n) is 2.93. The lowest BCUT2D eigenvalue weighted by Gasteiger charge is -2.13. The van der Waals surface area contributed by atoms with Crippen LogP contribution in [0.2, 0.25) is 0 Å². The predicted octanol–water partition coefficient (Wildman–Crippen LogP) is 5.39. The highest BCUT2D eigenvalue weighted by Gasteiger charge is 2.30.